The molecule has 1 aromatic rings. The van der Waals surface area contributed by atoms with E-state index in [0.29, 0.717) is 18.0 Å². The largest absolute Gasteiger partial charge is 0.484 e. The van der Waals surface area contributed by atoms with Crippen LogP contribution in [0.15, 0.2) is 24.3 Å². The summed E-state index contributed by atoms with van der Waals surface area (Å²) < 4.78 is 5.66. The van der Waals surface area contributed by atoms with Crippen molar-refractivity contribution in [1.82, 2.24) is 4.90 Å². The topological polar surface area (TPSA) is 29.5 Å². The van der Waals surface area contributed by atoms with E-state index in [9.17, 15) is 4.79 Å². The first kappa shape index (κ1) is 15.9. The fourth-order valence-electron chi connectivity index (χ4n) is 3.08. The molecule has 21 heavy (non-hydrogen) atoms. The lowest BCUT2D eigenvalue weighted by molar-refractivity contribution is -0.139. The third-order valence-corrected chi connectivity index (χ3v) is 4.39. The van der Waals surface area contributed by atoms with Crippen LogP contribution in [0.5, 0.6) is 5.75 Å². The summed E-state index contributed by atoms with van der Waals surface area (Å²) in [4.78, 5) is 14.4. The second-order valence-corrected chi connectivity index (χ2v) is 6.44. The van der Waals surface area contributed by atoms with E-state index in [4.69, 9.17) is 4.74 Å². The Balaban J connectivity index is 1.91. The van der Waals surface area contributed by atoms with Crippen LogP contribution in [0.4, 0.5) is 0 Å². The van der Waals surface area contributed by atoms with Crippen LogP contribution in [0.1, 0.15) is 58.4 Å². The molecule has 0 radical (unpaired) electrons. The van der Waals surface area contributed by atoms with Gasteiger partial charge in [0.1, 0.15) is 5.75 Å². The summed E-state index contributed by atoms with van der Waals surface area (Å²) in [6.07, 6.45) is 3.40. The smallest absolute Gasteiger partial charge is 0.260 e. The average molecular weight is 289 g/mol. The first-order valence-electron chi connectivity index (χ1n) is 8.03. The molecule has 2 unspecified atom stereocenters. The average Bonchev–Trinajstić information content (AvgIpc) is 2.45. The van der Waals surface area contributed by atoms with Crippen molar-refractivity contribution in [3.05, 3.63) is 29.8 Å². The molecule has 0 aliphatic carbocycles. The molecule has 3 heteroatoms. The Morgan fingerprint density at radius 1 is 1.19 bits per heavy atom. The van der Waals surface area contributed by atoms with Crippen LogP contribution in [0.3, 0.4) is 0 Å². The normalized spacial score (nSPS) is 22.4. The number of carbonyl (C=O) groups excluding carboxylic acids is 1. The Bertz CT molecular complexity index is 457. The molecule has 2 rings (SSSR count). The zero-order valence-corrected chi connectivity index (χ0v) is 13.6. The molecular formula is C18H27NO2. The molecule has 3 nitrogen and oxygen atoms in total. The predicted molar refractivity (Wildman–Crippen MR) is 85.6 cm³/mol. The lowest BCUT2D eigenvalue weighted by Crippen LogP contribution is -2.49. The Morgan fingerprint density at radius 2 is 1.76 bits per heavy atom. The van der Waals surface area contributed by atoms with Gasteiger partial charge in [-0.1, -0.05) is 26.0 Å². The molecule has 0 aromatic heterocycles. The third kappa shape index (κ3) is 3.99. The van der Waals surface area contributed by atoms with E-state index in [-0.39, 0.29) is 12.5 Å². The third-order valence-electron chi connectivity index (χ3n) is 4.39. The molecule has 1 aromatic carbocycles. The van der Waals surface area contributed by atoms with Crippen LogP contribution >= 0.6 is 0 Å². The lowest BCUT2D eigenvalue weighted by Gasteiger charge is -2.38. The summed E-state index contributed by atoms with van der Waals surface area (Å²) in [6.45, 7) is 8.72. The van der Waals surface area contributed by atoms with Crippen LogP contribution in [-0.2, 0) is 4.79 Å². The van der Waals surface area contributed by atoms with E-state index in [0.717, 1.165) is 18.6 Å². The minimum absolute atomic E-state index is 0.0997. The van der Waals surface area contributed by atoms with Crippen molar-refractivity contribution in [2.45, 2.75) is 65.0 Å². The zero-order valence-electron chi connectivity index (χ0n) is 13.6. The molecular weight excluding hydrogens is 262 g/mol. The van der Waals surface area contributed by atoms with Gasteiger partial charge in [0, 0.05) is 12.1 Å². The summed E-state index contributed by atoms with van der Waals surface area (Å²) in [5, 5.41) is 0. The molecule has 0 N–H and O–H groups in total. The molecule has 1 amide bonds. The van der Waals surface area contributed by atoms with Crippen molar-refractivity contribution in [1.29, 1.82) is 0 Å². The van der Waals surface area contributed by atoms with E-state index in [1.807, 2.05) is 17.0 Å². The maximum absolute atomic E-state index is 12.4. The van der Waals surface area contributed by atoms with E-state index < -0.39 is 0 Å². The van der Waals surface area contributed by atoms with Gasteiger partial charge in [0.05, 0.1) is 0 Å². The van der Waals surface area contributed by atoms with Crippen molar-refractivity contribution in [2.75, 3.05) is 6.61 Å². The predicted octanol–water partition coefficient (Wildman–Crippen LogP) is 3.98. The molecule has 2 atom stereocenters. The van der Waals surface area contributed by atoms with Gasteiger partial charge in [-0.25, -0.2) is 0 Å². The minimum Gasteiger partial charge on any atom is -0.484 e. The zero-order chi connectivity index (χ0) is 15.4. The Morgan fingerprint density at radius 3 is 2.29 bits per heavy atom. The van der Waals surface area contributed by atoms with Gasteiger partial charge in [-0.3, -0.25) is 4.79 Å². The van der Waals surface area contributed by atoms with Crippen LogP contribution < -0.4 is 4.74 Å². The number of nitrogens with zero attached hydrogens (tertiary/aromatic N) is 1. The molecule has 0 saturated carbocycles. The maximum atomic E-state index is 12.4. The van der Waals surface area contributed by atoms with E-state index >= 15 is 0 Å². The van der Waals surface area contributed by atoms with E-state index in [1.165, 1.54) is 12.0 Å². The number of rotatable bonds is 4. The van der Waals surface area contributed by atoms with Gasteiger partial charge in [-0.2, -0.15) is 0 Å². The quantitative estimate of drug-likeness (QED) is 0.839. The second kappa shape index (κ2) is 6.97. The maximum Gasteiger partial charge on any atom is 0.260 e. The number of carbonyl (C=O) groups is 1. The summed E-state index contributed by atoms with van der Waals surface area (Å²) in [7, 11) is 0. The minimum atomic E-state index is 0.0997. The van der Waals surface area contributed by atoms with Crippen molar-refractivity contribution in [3.8, 4) is 5.75 Å². The van der Waals surface area contributed by atoms with Crippen LogP contribution in [0, 0.1) is 0 Å². The van der Waals surface area contributed by atoms with Gasteiger partial charge in [-0.05, 0) is 56.7 Å². The van der Waals surface area contributed by atoms with Gasteiger partial charge >= 0.3 is 0 Å². The number of amides is 1. The molecule has 0 bridgehead atoms. The highest BCUT2D eigenvalue weighted by Gasteiger charge is 2.28. The molecule has 116 valence electrons. The SMILES string of the molecule is CC(C)c1ccc(OCC(=O)N2C(C)CCCC2C)cc1. The summed E-state index contributed by atoms with van der Waals surface area (Å²) >= 11 is 0. The number of ether oxygens (including phenoxy) is 1. The fraction of sp³-hybridized carbons (Fsp3) is 0.611. The highest BCUT2D eigenvalue weighted by atomic mass is 16.5. The molecule has 1 aliphatic heterocycles. The lowest BCUT2D eigenvalue weighted by atomic mass is 9.97. The number of hydrogen-bond acceptors (Lipinski definition) is 2. The van der Waals surface area contributed by atoms with Crippen molar-refractivity contribution in [3.63, 3.8) is 0 Å². The van der Waals surface area contributed by atoms with Crippen molar-refractivity contribution in [2.24, 2.45) is 0 Å². The van der Waals surface area contributed by atoms with Crippen LogP contribution in [0.25, 0.3) is 0 Å². The molecule has 1 saturated heterocycles. The summed E-state index contributed by atoms with van der Waals surface area (Å²) in [6, 6.07) is 8.69. The van der Waals surface area contributed by atoms with E-state index in [1.54, 1.807) is 0 Å². The fourth-order valence-corrected chi connectivity index (χ4v) is 3.08. The van der Waals surface area contributed by atoms with Gasteiger partial charge in [0.15, 0.2) is 6.61 Å². The summed E-state index contributed by atoms with van der Waals surface area (Å²) in [5.74, 6) is 1.38. The Labute approximate surface area is 128 Å². The standard InChI is InChI=1S/C18H27NO2/c1-13(2)16-8-10-17(11-9-16)21-12-18(20)19-14(3)6-5-7-15(19)4/h8-11,13-15H,5-7,12H2,1-4H3. The Kier molecular flexibility index (Phi) is 5.27. The van der Waals surface area contributed by atoms with Gasteiger partial charge in [-0.15, -0.1) is 0 Å². The highest BCUT2D eigenvalue weighted by Crippen LogP contribution is 2.23. The monoisotopic (exact) mass is 289 g/mol. The van der Waals surface area contributed by atoms with Gasteiger partial charge < -0.3 is 9.64 Å². The number of hydrogen-bond donors (Lipinski definition) is 0. The molecule has 0 spiro atoms. The molecule has 1 fully saturated rings. The second-order valence-electron chi connectivity index (χ2n) is 6.44. The Hall–Kier alpha value is -1.51. The van der Waals surface area contributed by atoms with Gasteiger partial charge in [0.25, 0.3) is 5.91 Å². The van der Waals surface area contributed by atoms with Crippen molar-refractivity contribution >= 4 is 5.91 Å². The first-order valence-corrected chi connectivity index (χ1v) is 8.03. The van der Waals surface area contributed by atoms with Crippen LogP contribution in [0.2, 0.25) is 0 Å². The first-order chi connectivity index (χ1) is 9.99. The van der Waals surface area contributed by atoms with E-state index in [2.05, 4.69) is 39.8 Å². The molecule has 1 aliphatic rings. The van der Waals surface area contributed by atoms with Gasteiger partial charge in [0.2, 0.25) is 0 Å². The summed E-state index contributed by atoms with van der Waals surface area (Å²) in [5.41, 5.74) is 1.28. The van der Waals surface area contributed by atoms with Crippen LogP contribution in [-0.4, -0.2) is 29.5 Å². The van der Waals surface area contributed by atoms with Crippen molar-refractivity contribution < 1.29 is 9.53 Å². The number of likely N-dealkylation sites (tertiary alicyclic amines) is 1. The number of piperidine rings is 1. The highest BCUT2D eigenvalue weighted by molar-refractivity contribution is 5.78. The number of benzene rings is 1. The molecule has 1 heterocycles.